The van der Waals surface area contributed by atoms with E-state index in [0.29, 0.717) is 12.1 Å². The zero-order chi connectivity index (χ0) is 19.1. The molecule has 1 N–H and O–H groups in total. The molecule has 0 fully saturated rings. The quantitative estimate of drug-likeness (QED) is 0.701. The Morgan fingerprint density at radius 1 is 1.31 bits per heavy atom. The van der Waals surface area contributed by atoms with E-state index in [1.165, 1.54) is 18.3 Å². The Bertz CT molecular complexity index is 1060. The van der Waals surface area contributed by atoms with E-state index in [4.69, 9.17) is 0 Å². The monoisotopic (exact) mass is 386 g/mol. The topological polar surface area (TPSA) is 76.9 Å². The number of carbonyl (C=O) groups is 1. The van der Waals surface area contributed by atoms with E-state index in [0.717, 1.165) is 6.07 Å². The van der Waals surface area contributed by atoms with Gasteiger partial charge in [0.1, 0.15) is 11.4 Å². The first kappa shape index (κ1) is 18.0. The zero-order valence-electron chi connectivity index (χ0n) is 13.1. The molecule has 0 bridgehead atoms. The van der Waals surface area contributed by atoms with Gasteiger partial charge in [0.25, 0.3) is 5.91 Å². The first-order valence-corrected chi connectivity index (χ1v) is 8.07. The Hall–Kier alpha value is -2.82. The van der Waals surface area contributed by atoms with Gasteiger partial charge in [0.2, 0.25) is 15.6 Å². The number of halogens is 4. The first-order valence-electron chi connectivity index (χ1n) is 7.25. The highest BCUT2D eigenvalue weighted by Gasteiger charge is 2.36. The van der Waals surface area contributed by atoms with Crippen LogP contribution >= 0.6 is 11.3 Å². The highest BCUT2D eigenvalue weighted by atomic mass is 32.1. The number of alkyl halides is 3. The van der Waals surface area contributed by atoms with Crippen LogP contribution in [0.5, 0.6) is 0 Å². The van der Waals surface area contributed by atoms with E-state index in [-0.39, 0.29) is 22.3 Å². The van der Waals surface area contributed by atoms with Gasteiger partial charge in [0, 0.05) is 18.1 Å². The van der Waals surface area contributed by atoms with Crippen LogP contribution < -0.4 is 10.7 Å². The van der Waals surface area contributed by atoms with Crippen LogP contribution in [0.4, 0.5) is 22.7 Å². The van der Waals surface area contributed by atoms with E-state index >= 15 is 0 Å². The molecule has 3 aromatic rings. The number of fused-ring (bicyclic) bond motifs is 1. The summed E-state index contributed by atoms with van der Waals surface area (Å²) in [6.45, 7) is 2.15. The summed E-state index contributed by atoms with van der Waals surface area (Å²) in [6, 6.07) is 3.61. The van der Waals surface area contributed by atoms with Crippen LogP contribution in [0.3, 0.4) is 0 Å². The lowest BCUT2D eigenvalue weighted by Crippen LogP contribution is -2.24. The lowest BCUT2D eigenvalue weighted by molar-refractivity contribution is -0.138. The standard InChI is InChI=1S/C15H10F4N4O2S/c1-2-23-6-9(11(24)8-5-7(16)3-4-10(8)23)12(25)20-14-22-21-13(26-14)15(17,18)19/h3-6H,2H2,1H3,(H,20,22,25). The molecule has 11 heteroatoms. The summed E-state index contributed by atoms with van der Waals surface area (Å²) in [7, 11) is 0. The molecular weight excluding hydrogens is 376 g/mol. The number of anilines is 1. The lowest BCUT2D eigenvalue weighted by atomic mass is 10.1. The van der Waals surface area contributed by atoms with Gasteiger partial charge in [-0.1, -0.05) is 11.3 Å². The van der Waals surface area contributed by atoms with Gasteiger partial charge in [0.05, 0.1) is 5.52 Å². The van der Waals surface area contributed by atoms with Crippen molar-refractivity contribution in [2.24, 2.45) is 0 Å². The van der Waals surface area contributed by atoms with E-state index < -0.39 is 33.5 Å². The van der Waals surface area contributed by atoms with Crippen molar-refractivity contribution in [1.82, 2.24) is 14.8 Å². The second kappa shape index (κ2) is 6.48. The molecule has 2 aromatic heterocycles. The fraction of sp³-hybridized carbons (Fsp3) is 0.200. The minimum atomic E-state index is -4.68. The molecule has 0 aliphatic rings. The van der Waals surface area contributed by atoms with Gasteiger partial charge >= 0.3 is 6.18 Å². The van der Waals surface area contributed by atoms with Crippen molar-refractivity contribution in [3.05, 3.63) is 51.0 Å². The maximum atomic E-state index is 13.5. The Kier molecular flexibility index (Phi) is 4.48. The number of aryl methyl sites for hydroxylation is 1. The van der Waals surface area contributed by atoms with Crippen molar-refractivity contribution in [2.45, 2.75) is 19.6 Å². The third-order valence-electron chi connectivity index (χ3n) is 3.52. The second-order valence-electron chi connectivity index (χ2n) is 5.18. The normalized spacial score (nSPS) is 11.7. The van der Waals surface area contributed by atoms with Gasteiger partial charge in [-0.3, -0.25) is 14.9 Å². The van der Waals surface area contributed by atoms with Crippen LogP contribution in [-0.4, -0.2) is 20.7 Å². The molecule has 136 valence electrons. The third kappa shape index (κ3) is 3.29. The summed E-state index contributed by atoms with van der Waals surface area (Å²) in [5.74, 6) is -1.60. The number of benzene rings is 1. The van der Waals surface area contributed by atoms with Crippen LogP contribution in [0.1, 0.15) is 22.3 Å². The molecular formula is C15H10F4N4O2S. The Morgan fingerprint density at radius 3 is 2.65 bits per heavy atom. The van der Waals surface area contributed by atoms with E-state index in [2.05, 4.69) is 15.5 Å². The molecule has 26 heavy (non-hydrogen) atoms. The van der Waals surface area contributed by atoms with Crippen molar-refractivity contribution in [3.63, 3.8) is 0 Å². The maximum Gasteiger partial charge on any atom is 0.445 e. The number of carbonyl (C=O) groups excluding carboxylic acids is 1. The van der Waals surface area contributed by atoms with E-state index in [1.807, 2.05) is 0 Å². The van der Waals surface area contributed by atoms with E-state index in [9.17, 15) is 27.2 Å². The number of aromatic nitrogens is 3. The van der Waals surface area contributed by atoms with Gasteiger partial charge in [-0.15, -0.1) is 10.2 Å². The average molecular weight is 386 g/mol. The van der Waals surface area contributed by atoms with Gasteiger partial charge < -0.3 is 4.57 Å². The number of pyridine rings is 1. The molecule has 0 saturated carbocycles. The van der Waals surface area contributed by atoms with Crippen molar-refractivity contribution < 1.29 is 22.4 Å². The van der Waals surface area contributed by atoms with Crippen molar-refractivity contribution in [1.29, 1.82) is 0 Å². The number of nitrogens with zero attached hydrogens (tertiary/aromatic N) is 3. The summed E-state index contributed by atoms with van der Waals surface area (Å²) in [5, 5.41) is 6.68. The summed E-state index contributed by atoms with van der Waals surface area (Å²) < 4.78 is 52.7. The van der Waals surface area contributed by atoms with Crippen molar-refractivity contribution in [3.8, 4) is 0 Å². The number of hydrogen-bond acceptors (Lipinski definition) is 5. The molecule has 0 spiro atoms. The minimum Gasteiger partial charge on any atom is -0.347 e. The Morgan fingerprint density at radius 2 is 2.04 bits per heavy atom. The summed E-state index contributed by atoms with van der Waals surface area (Å²) in [5.41, 5.74) is -0.637. The molecule has 0 unspecified atom stereocenters. The molecule has 2 heterocycles. The predicted molar refractivity (Wildman–Crippen MR) is 86.7 cm³/mol. The molecule has 1 aromatic carbocycles. The molecule has 0 radical (unpaired) electrons. The van der Waals surface area contributed by atoms with Crippen LogP contribution in [0.2, 0.25) is 0 Å². The lowest BCUT2D eigenvalue weighted by Gasteiger charge is -2.11. The summed E-state index contributed by atoms with van der Waals surface area (Å²) in [4.78, 5) is 24.8. The highest BCUT2D eigenvalue weighted by Crippen LogP contribution is 2.33. The van der Waals surface area contributed by atoms with Crippen LogP contribution in [0, 0.1) is 5.82 Å². The largest absolute Gasteiger partial charge is 0.445 e. The van der Waals surface area contributed by atoms with Crippen molar-refractivity contribution in [2.75, 3.05) is 5.32 Å². The van der Waals surface area contributed by atoms with E-state index in [1.54, 1.807) is 11.5 Å². The van der Waals surface area contributed by atoms with Crippen molar-refractivity contribution >= 4 is 33.3 Å². The highest BCUT2D eigenvalue weighted by molar-refractivity contribution is 7.15. The fourth-order valence-corrected chi connectivity index (χ4v) is 2.95. The fourth-order valence-electron chi connectivity index (χ4n) is 2.35. The molecule has 1 amide bonds. The number of nitrogens with one attached hydrogen (secondary N) is 1. The van der Waals surface area contributed by atoms with Gasteiger partial charge in [0.15, 0.2) is 0 Å². The summed E-state index contributed by atoms with van der Waals surface area (Å²) in [6.07, 6.45) is -3.42. The Labute approximate surface area is 147 Å². The minimum absolute atomic E-state index is 0.00672. The van der Waals surface area contributed by atoms with Crippen LogP contribution in [0.25, 0.3) is 10.9 Å². The zero-order valence-corrected chi connectivity index (χ0v) is 13.9. The maximum absolute atomic E-state index is 13.5. The smallest absolute Gasteiger partial charge is 0.347 e. The van der Waals surface area contributed by atoms with Crippen LogP contribution in [0.15, 0.2) is 29.2 Å². The van der Waals surface area contributed by atoms with Crippen LogP contribution in [-0.2, 0) is 12.7 Å². The molecule has 0 aliphatic heterocycles. The number of amides is 1. The first-order chi connectivity index (χ1) is 12.2. The predicted octanol–water partition coefficient (Wildman–Crippen LogP) is 3.28. The SMILES string of the molecule is CCn1cc(C(=O)Nc2nnc(C(F)(F)F)s2)c(=O)c2cc(F)ccc21. The molecule has 0 atom stereocenters. The summed E-state index contributed by atoms with van der Waals surface area (Å²) >= 11 is 0.137. The van der Waals surface area contributed by atoms with Gasteiger partial charge in [-0.05, 0) is 25.1 Å². The number of hydrogen-bond donors (Lipinski definition) is 1. The molecule has 0 aliphatic carbocycles. The number of rotatable bonds is 3. The van der Waals surface area contributed by atoms with Gasteiger partial charge in [-0.25, -0.2) is 4.39 Å². The third-order valence-corrected chi connectivity index (χ3v) is 4.40. The average Bonchev–Trinajstić information content (AvgIpc) is 3.04. The molecule has 6 nitrogen and oxygen atoms in total. The second-order valence-corrected chi connectivity index (χ2v) is 6.16. The Balaban J connectivity index is 2.02. The van der Waals surface area contributed by atoms with Gasteiger partial charge in [-0.2, -0.15) is 13.2 Å². The molecule has 0 saturated heterocycles. The molecule has 3 rings (SSSR count).